The van der Waals surface area contributed by atoms with Crippen LogP contribution in [0.4, 0.5) is 0 Å². The second-order valence-electron chi connectivity index (χ2n) is 0. The van der Waals surface area contributed by atoms with Crippen LogP contribution in [0.1, 0.15) is 0 Å². The van der Waals surface area contributed by atoms with Gasteiger partial charge in [0.25, 0.3) is 0 Å². The van der Waals surface area contributed by atoms with Crippen LogP contribution in [0.15, 0.2) is 0 Å². The maximum Gasteiger partial charge on any atom is 0 e. The molecule has 0 aliphatic carbocycles. The zero-order valence-corrected chi connectivity index (χ0v) is 4.58. The van der Waals surface area contributed by atoms with Gasteiger partial charge in [0.15, 0.2) is 0 Å². The SMILES string of the molecule is P.[B].[B].[Ni]. The summed E-state index contributed by atoms with van der Waals surface area (Å²) in [5.74, 6) is 0. The van der Waals surface area contributed by atoms with E-state index in [4.69, 9.17) is 0 Å². The quantitative estimate of drug-likeness (QED) is 0.288. The monoisotopic (exact) mass is 114 g/mol. The van der Waals surface area contributed by atoms with Crippen molar-refractivity contribution in [2.45, 2.75) is 0 Å². The van der Waals surface area contributed by atoms with Crippen molar-refractivity contribution < 1.29 is 16.5 Å². The van der Waals surface area contributed by atoms with Gasteiger partial charge in [0, 0.05) is 33.3 Å². The summed E-state index contributed by atoms with van der Waals surface area (Å²) in [5.41, 5.74) is 0. The Balaban J connectivity index is 0. The van der Waals surface area contributed by atoms with Crippen LogP contribution >= 0.6 is 9.90 Å². The molecular weight excluding hydrogens is 111 g/mol. The molecule has 0 aliphatic rings. The normalized spacial score (nSPS) is 0. The topological polar surface area (TPSA) is 0 Å². The molecule has 1 unspecified atom stereocenters. The van der Waals surface area contributed by atoms with Crippen LogP contribution in [0, 0.1) is 0 Å². The molecule has 0 saturated carbocycles. The molecule has 0 aromatic heterocycles. The molecule has 1 atom stereocenters. The van der Waals surface area contributed by atoms with Gasteiger partial charge < -0.3 is 0 Å². The van der Waals surface area contributed by atoms with Crippen molar-refractivity contribution in [2.24, 2.45) is 0 Å². The molecule has 0 bridgehead atoms. The molecule has 6 radical (unpaired) electrons. The Kier molecular flexibility index (Phi) is 637. The fourth-order valence-electron chi connectivity index (χ4n) is 0. The minimum absolute atomic E-state index is 0. The minimum atomic E-state index is 0. The predicted molar refractivity (Wildman–Crippen MR) is 22.6 cm³/mol. The van der Waals surface area contributed by atoms with E-state index in [9.17, 15) is 0 Å². The van der Waals surface area contributed by atoms with Crippen LogP contribution < -0.4 is 0 Å². The Morgan fingerprint density at radius 2 is 0.750 bits per heavy atom. The molecule has 0 aliphatic heterocycles. The van der Waals surface area contributed by atoms with Crippen molar-refractivity contribution in [1.82, 2.24) is 0 Å². The van der Waals surface area contributed by atoms with Crippen molar-refractivity contribution in [3.63, 3.8) is 0 Å². The van der Waals surface area contributed by atoms with Gasteiger partial charge in [-0.05, 0) is 0 Å². The van der Waals surface area contributed by atoms with E-state index in [2.05, 4.69) is 0 Å². The summed E-state index contributed by atoms with van der Waals surface area (Å²) in [6.07, 6.45) is 0. The van der Waals surface area contributed by atoms with Gasteiger partial charge in [0.2, 0.25) is 0 Å². The average molecular weight is 114 g/mol. The summed E-state index contributed by atoms with van der Waals surface area (Å²) in [6, 6.07) is 0. The van der Waals surface area contributed by atoms with Gasteiger partial charge in [0.05, 0.1) is 0 Å². The van der Waals surface area contributed by atoms with E-state index < -0.39 is 0 Å². The molecule has 0 heterocycles. The van der Waals surface area contributed by atoms with Gasteiger partial charge in [-0.1, -0.05) is 0 Å². The zero-order chi connectivity index (χ0) is 0. The van der Waals surface area contributed by atoms with Crippen molar-refractivity contribution in [2.75, 3.05) is 0 Å². The Bertz CT molecular complexity index is 6.00. The third-order valence-corrected chi connectivity index (χ3v) is 0. The Labute approximate surface area is 43.8 Å². The molecule has 0 rings (SSSR count). The number of hydrogen-bond donors (Lipinski definition) is 0. The summed E-state index contributed by atoms with van der Waals surface area (Å²) >= 11 is 0. The van der Waals surface area contributed by atoms with Gasteiger partial charge in [0.1, 0.15) is 0 Å². The fourth-order valence-corrected chi connectivity index (χ4v) is 0. The fraction of sp³-hybridized carbons (Fsp3) is 0. The van der Waals surface area contributed by atoms with Gasteiger partial charge in [-0.25, -0.2) is 0 Å². The van der Waals surface area contributed by atoms with Gasteiger partial charge in [-0.2, -0.15) is 9.90 Å². The first kappa shape index (κ1) is 74.8. The third kappa shape index (κ3) is 11.6. The Morgan fingerprint density at radius 3 is 0.750 bits per heavy atom. The standard InChI is InChI=1S/2B.Ni.H3P/h;;;1H3. The van der Waals surface area contributed by atoms with Gasteiger partial charge in [-0.15, -0.1) is 0 Å². The first-order chi connectivity index (χ1) is 0. The van der Waals surface area contributed by atoms with Crippen molar-refractivity contribution in [3.8, 4) is 0 Å². The van der Waals surface area contributed by atoms with E-state index in [1.54, 1.807) is 0 Å². The van der Waals surface area contributed by atoms with E-state index >= 15 is 0 Å². The van der Waals surface area contributed by atoms with Gasteiger partial charge in [-0.3, -0.25) is 0 Å². The van der Waals surface area contributed by atoms with E-state index in [-0.39, 0.29) is 43.2 Å². The van der Waals surface area contributed by atoms with Crippen LogP contribution in [0.5, 0.6) is 0 Å². The van der Waals surface area contributed by atoms with E-state index in [0.717, 1.165) is 0 Å². The molecule has 0 nitrogen and oxygen atoms in total. The number of rotatable bonds is 0. The molecule has 0 spiro atoms. The third-order valence-electron chi connectivity index (χ3n) is 0. The zero-order valence-electron chi connectivity index (χ0n) is 2.18. The summed E-state index contributed by atoms with van der Waals surface area (Å²) in [7, 11) is 0. The maximum absolute atomic E-state index is 0. The van der Waals surface area contributed by atoms with E-state index in [1.807, 2.05) is 0 Å². The summed E-state index contributed by atoms with van der Waals surface area (Å²) in [4.78, 5) is 0. The average Bonchev–Trinajstić information content (AvgIpc) is 0. The molecule has 0 aromatic rings. The Hall–Kier alpha value is 1.05. The number of hydrogen-bond acceptors (Lipinski definition) is 0. The van der Waals surface area contributed by atoms with E-state index in [0.29, 0.717) is 0 Å². The maximum atomic E-state index is 0. The summed E-state index contributed by atoms with van der Waals surface area (Å²) < 4.78 is 0. The predicted octanol–water partition coefficient (Wildman–Crippen LogP) is -0.706. The second-order valence-corrected chi connectivity index (χ2v) is 0. The molecule has 4 heavy (non-hydrogen) atoms. The van der Waals surface area contributed by atoms with Crippen LogP contribution in [0.3, 0.4) is 0 Å². The second kappa shape index (κ2) is 34.1. The molecule has 24 valence electrons. The Morgan fingerprint density at radius 1 is 0.750 bits per heavy atom. The molecule has 0 amide bonds. The summed E-state index contributed by atoms with van der Waals surface area (Å²) in [5, 5.41) is 0. The largest absolute Gasteiger partial charge is 0.153 e. The molecule has 0 saturated heterocycles. The molecular formula is H3B2NiP. The first-order valence-corrected chi connectivity index (χ1v) is 0. The van der Waals surface area contributed by atoms with Crippen LogP contribution in [-0.2, 0) is 16.5 Å². The minimum Gasteiger partial charge on any atom is -0.153 e. The molecule has 0 N–H and O–H groups in total. The molecule has 0 aromatic carbocycles. The smallest absolute Gasteiger partial charge is 0 e. The molecule has 0 fully saturated rings. The van der Waals surface area contributed by atoms with E-state index in [1.165, 1.54) is 0 Å². The summed E-state index contributed by atoms with van der Waals surface area (Å²) in [6.45, 7) is 0. The van der Waals surface area contributed by atoms with Crippen molar-refractivity contribution >= 4 is 26.7 Å². The molecule has 4 heteroatoms. The van der Waals surface area contributed by atoms with Crippen molar-refractivity contribution in [1.29, 1.82) is 0 Å². The van der Waals surface area contributed by atoms with Crippen LogP contribution in [-0.4, -0.2) is 16.8 Å². The van der Waals surface area contributed by atoms with Crippen molar-refractivity contribution in [3.05, 3.63) is 0 Å². The van der Waals surface area contributed by atoms with Crippen LogP contribution in [0.25, 0.3) is 0 Å². The first-order valence-electron chi connectivity index (χ1n) is 0. The van der Waals surface area contributed by atoms with Crippen LogP contribution in [0.2, 0.25) is 0 Å². The van der Waals surface area contributed by atoms with Gasteiger partial charge >= 0.3 is 0 Å².